The second-order valence-electron chi connectivity index (χ2n) is 3.98. The summed E-state index contributed by atoms with van der Waals surface area (Å²) in [6, 6.07) is 15.5. The van der Waals surface area contributed by atoms with E-state index < -0.39 is 0 Å². The van der Waals surface area contributed by atoms with Gasteiger partial charge in [-0.3, -0.25) is 0 Å². The lowest BCUT2D eigenvalue weighted by atomic mass is 10.1. The number of benzene rings is 2. The lowest BCUT2D eigenvalue weighted by molar-refractivity contribution is 1.14. The highest BCUT2D eigenvalue weighted by atomic mass is 35.5. The summed E-state index contributed by atoms with van der Waals surface area (Å²) >= 11 is 5.87. The normalized spacial score (nSPS) is 9.83. The third kappa shape index (κ3) is 2.82. The van der Waals surface area contributed by atoms with Crippen LogP contribution in [0.25, 0.3) is 0 Å². The fourth-order valence-electron chi connectivity index (χ4n) is 1.74. The molecule has 1 N–H and O–H groups in total. The predicted molar refractivity (Wildman–Crippen MR) is 75.3 cm³/mol. The molecule has 0 heterocycles. The summed E-state index contributed by atoms with van der Waals surface area (Å²) in [5, 5.41) is 12.9. The van der Waals surface area contributed by atoms with Gasteiger partial charge in [0.1, 0.15) is 6.07 Å². The molecule has 3 heteroatoms. The Bertz CT molecular complexity index is 600. The van der Waals surface area contributed by atoms with Gasteiger partial charge in [0.2, 0.25) is 0 Å². The van der Waals surface area contributed by atoms with Crippen molar-refractivity contribution in [2.45, 2.75) is 13.3 Å². The monoisotopic (exact) mass is 256 g/mol. The average Bonchev–Trinajstić information content (AvgIpc) is 2.41. The van der Waals surface area contributed by atoms with Gasteiger partial charge in [-0.15, -0.1) is 0 Å². The molecule has 2 aromatic carbocycles. The Morgan fingerprint density at radius 1 is 1.22 bits per heavy atom. The number of anilines is 2. The number of nitrogens with one attached hydrogen (secondary N) is 1. The first-order chi connectivity index (χ1) is 8.72. The van der Waals surface area contributed by atoms with Gasteiger partial charge in [0, 0.05) is 10.7 Å². The van der Waals surface area contributed by atoms with Gasteiger partial charge in [-0.05, 0) is 42.3 Å². The van der Waals surface area contributed by atoms with E-state index in [2.05, 4.69) is 30.4 Å². The van der Waals surface area contributed by atoms with Crippen LogP contribution in [0.15, 0.2) is 42.5 Å². The molecule has 2 aromatic rings. The maximum absolute atomic E-state index is 9.07. The SMILES string of the molecule is CCc1cccc(Nc2ccc(Cl)cc2C#N)c1. The Morgan fingerprint density at radius 3 is 2.78 bits per heavy atom. The quantitative estimate of drug-likeness (QED) is 0.877. The third-order valence-corrected chi connectivity index (χ3v) is 2.95. The van der Waals surface area contributed by atoms with Crippen molar-refractivity contribution in [3.8, 4) is 6.07 Å². The molecule has 0 aliphatic heterocycles. The van der Waals surface area contributed by atoms with Crippen LogP contribution in [-0.2, 0) is 6.42 Å². The van der Waals surface area contributed by atoms with Crippen molar-refractivity contribution < 1.29 is 0 Å². The van der Waals surface area contributed by atoms with Crippen LogP contribution < -0.4 is 5.32 Å². The highest BCUT2D eigenvalue weighted by Crippen LogP contribution is 2.24. The molecule has 0 amide bonds. The van der Waals surface area contributed by atoms with Crippen molar-refractivity contribution in [1.29, 1.82) is 5.26 Å². The van der Waals surface area contributed by atoms with Crippen molar-refractivity contribution in [3.05, 3.63) is 58.6 Å². The van der Waals surface area contributed by atoms with Crippen LogP contribution >= 0.6 is 11.6 Å². The van der Waals surface area contributed by atoms with Crippen molar-refractivity contribution in [3.63, 3.8) is 0 Å². The highest BCUT2D eigenvalue weighted by Gasteiger charge is 2.03. The molecule has 0 aliphatic carbocycles. The molecule has 90 valence electrons. The second kappa shape index (κ2) is 5.57. The maximum Gasteiger partial charge on any atom is 0.101 e. The molecule has 0 fully saturated rings. The van der Waals surface area contributed by atoms with E-state index in [9.17, 15) is 0 Å². The summed E-state index contributed by atoms with van der Waals surface area (Å²) in [6.07, 6.45) is 0.987. The van der Waals surface area contributed by atoms with Gasteiger partial charge in [0.15, 0.2) is 0 Å². The molecule has 18 heavy (non-hydrogen) atoms. The Hall–Kier alpha value is -1.98. The van der Waals surface area contributed by atoms with Crippen LogP contribution in [0.4, 0.5) is 11.4 Å². The third-order valence-electron chi connectivity index (χ3n) is 2.72. The zero-order chi connectivity index (χ0) is 13.0. The summed E-state index contributed by atoms with van der Waals surface area (Å²) in [6.45, 7) is 2.11. The average molecular weight is 257 g/mol. The van der Waals surface area contributed by atoms with Gasteiger partial charge in [0.25, 0.3) is 0 Å². The zero-order valence-corrected chi connectivity index (χ0v) is 10.8. The van der Waals surface area contributed by atoms with Gasteiger partial charge < -0.3 is 5.32 Å². The minimum atomic E-state index is 0.546. The number of nitriles is 1. The largest absolute Gasteiger partial charge is 0.354 e. The van der Waals surface area contributed by atoms with E-state index in [1.807, 2.05) is 18.2 Å². The molecule has 0 atom stereocenters. The summed E-state index contributed by atoms with van der Waals surface area (Å²) in [5.74, 6) is 0. The Balaban J connectivity index is 2.31. The van der Waals surface area contributed by atoms with Crippen LogP contribution in [0.1, 0.15) is 18.1 Å². The fourth-order valence-corrected chi connectivity index (χ4v) is 1.91. The first kappa shape index (κ1) is 12.5. The van der Waals surface area contributed by atoms with E-state index in [0.717, 1.165) is 17.8 Å². The lowest BCUT2D eigenvalue weighted by Crippen LogP contribution is -1.94. The molecule has 0 saturated heterocycles. The van der Waals surface area contributed by atoms with E-state index in [4.69, 9.17) is 16.9 Å². The summed E-state index contributed by atoms with van der Waals surface area (Å²) in [4.78, 5) is 0. The van der Waals surface area contributed by atoms with Crippen molar-refractivity contribution in [1.82, 2.24) is 0 Å². The molecule has 0 unspecified atom stereocenters. The van der Waals surface area contributed by atoms with E-state index in [1.165, 1.54) is 5.56 Å². The number of hydrogen-bond donors (Lipinski definition) is 1. The topological polar surface area (TPSA) is 35.8 Å². The van der Waals surface area contributed by atoms with Crippen LogP contribution in [0, 0.1) is 11.3 Å². The summed E-state index contributed by atoms with van der Waals surface area (Å²) in [5.41, 5.74) is 3.56. The zero-order valence-electron chi connectivity index (χ0n) is 10.1. The number of halogens is 1. The Labute approximate surface area is 112 Å². The van der Waals surface area contributed by atoms with Gasteiger partial charge in [-0.2, -0.15) is 5.26 Å². The summed E-state index contributed by atoms with van der Waals surface area (Å²) in [7, 11) is 0. The Morgan fingerprint density at radius 2 is 2.06 bits per heavy atom. The maximum atomic E-state index is 9.07. The van der Waals surface area contributed by atoms with Gasteiger partial charge in [-0.1, -0.05) is 30.7 Å². The fraction of sp³-hybridized carbons (Fsp3) is 0.133. The first-order valence-corrected chi connectivity index (χ1v) is 6.16. The first-order valence-electron chi connectivity index (χ1n) is 5.78. The van der Waals surface area contributed by atoms with Crippen LogP contribution in [0.3, 0.4) is 0 Å². The Kier molecular flexibility index (Phi) is 3.86. The molecule has 0 saturated carbocycles. The number of rotatable bonds is 3. The van der Waals surface area contributed by atoms with Crippen molar-refractivity contribution >= 4 is 23.0 Å². The lowest BCUT2D eigenvalue weighted by Gasteiger charge is -2.09. The van der Waals surface area contributed by atoms with E-state index in [1.54, 1.807) is 12.1 Å². The molecule has 2 nitrogen and oxygen atoms in total. The van der Waals surface area contributed by atoms with Crippen LogP contribution in [0.5, 0.6) is 0 Å². The van der Waals surface area contributed by atoms with E-state index in [0.29, 0.717) is 10.6 Å². The number of aryl methyl sites for hydroxylation is 1. The number of nitrogens with zero attached hydrogens (tertiary/aromatic N) is 1. The smallest absolute Gasteiger partial charge is 0.101 e. The van der Waals surface area contributed by atoms with Crippen LogP contribution in [0.2, 0.25) is 5.02 Å². The van der Waals surface area contributed by atoms with Gasteiger partial charge in [-0.25, -0.2) is 0 Å². The second-order valence-corrected chi connectivity index (χ2v) is 4.42. The van der Waals surface area contributed by atoms with Crippen molar-refractivity contribution in [2.24, 2.45) is 0 Å². The van der Waals surface area contributed by atoms with Crippen molar-refractivity contribution in [2.75, 3.05) is 5.32 Å². The van der Waals surface area contributed by atoms with Crippen LogP contribution in [-0.4, -0.2) is 0 Å². The highest BCUT2D eigenvalue weighted by molar-refractivity contribution is 6.30. The molecule has 0 spiro atoms. The minimum absolute atomic E-state index is 0.546. The predicted octanol–water partition coefficient (Wildman–Crippen LogP) is 4.52. The number of hydrogen-bond acceptors (Lipinski definition) is 2. The van der Waals surface area contributed by atoms with Gasteiger partial charge >= 0.3 is 0 Å². The molecule has 2 rings (SSSR count). The molecule has 0 aromatic heterocycles. The van der Waals surface area contributed by atoms with E-state index in [-0.39, 0.29) is 0 Å². The minimum Gasteiger partial charge on any atom is -0.354 e. The molecule has 0 bridgehead atoms. The van der Waals surface area contributed by atoms with Gasteiger partial charge in [0.05, 0.1) is 11.3 Å². The summed E-state index contributed by atoms with van der Waals surface area (Å²) < 4.78 is 0. The molecular formula is C15H13ClN2. The molecular weight excluding hydrogens is 244 g/mol. The standard InChI is InChI=1S/C15H13ClN2/c1-2-11-4-3-5-14(8-11)18-15-7-6-13(16)9-12(15)10-17/h3-9,18H,2H2,1H3. The molecule has 0 radical (unpaired) electrons. The van der Waals surface area contributed by atoms with E-state index >= 15 is 0 Å². The molecule has 0 aliphatic rings.